The van der Waals surface area contributed by atoms with Gasteiger partial charge in [-0.1, -0.05) is 35.9 Å². The van der Waals surface area contributed by atoms with Crippen LogP contribution in [0.2, 0.25) is 5.02 Å². The lowest BCUT2D eigenvalue weighted by Gasteiger charge is -2.07. The van der Waals surface area contributed by atoms with E-state index >= 15 is 0 Å². The van der Waals surface area contributed by atoms with Crippen LogP contribution in [0.4, 0.5) is 5.82 Å². The summed E-state index contributed by atoms with van der Waals surface area (Å²) >= 11 is 7.42. The van der Waals surface area contributed by atoms with Gasteiger partial charge in [0.15, 0.2) is 0 Å². The minimum atomic E-state index is -0.129. The molecule has 2 heterocycles. The first-order valence-electron chi connectivity index (χ1n) is 9.23. The Morgan fingerprint density at radius 1 is 1.17 bits per heavy atom. The van der Waals surface area contributed by atoms with E-state index in [4.69, 9.17) is 16.3 Å². The second-order valence-electron chi connectivity index (χ2n) is 6.68. The van der Waals surface area contributed by atoms with Crippen LogP contribution in [0.15, 0.2) is 60.0 Å². The van der Waals surface area contributed by atoms with Gasteiger partial charge in [-0.3, -0.25) is 4.79 Å². The number of hydrogen-bond donors (Lipinski definition) is 1. The number of thiazole rings is 1. The van der Waals surface area contributed by atoms with Crippen molar-refractivity contribution >= 4 is 34.7 Å². The highest BCUT2D eigenvalue weighted by atomic mass is 35.5. The molecule has 0 spiro atoms. The van der Waals surface area contributed by atoms with Crippen LogP contribution < -0.4 is 10.1 Å². The van der Waals surface area contributed by atoms with E-state index in [1.54, 1.807) is 11.8 Å². The molecule has 0 saturated carbocycles. The van der Waals surface area contributed by atoms with Gasteiger partial charge < -0.3 is 10.1 Å². The van der Waals surface area contributed by atoms with E-state index in [0.29, 0.717) is 16.0 Å². The smallest absolute Gasteiger partial charge is 0.229 e. The van der Waals surface area contributed by atoms with Crippen molar-refractivity contribution < 1.29 is 9.53 Å². The number of halogens is 1. The molecule has 8 heteroatoms. The molecule has 0 atom stereocenters. The highest BCUT2D eigenvalue weighted by Crippen LogP contribution is 2.27. The van der Waals surface area contributed by atoms with Gasteiger partial charge in [-0.2, -0.15) is 9.78 Å². The second kappa shape index (κ2) is 8.69. The summed E-state index contributed by atoms with van der Waals surface area (Å²) in [6, 6.07) is 16.8. The number of aryl methyl sites for hydroxylation is 1. The molecule has 2 aromatic carbocycles. The Morgan fingerprint density at radius 2 is 1.90 bits per heavy atom. The Labute approximate surface area is 183 Å². The van der Waals surface area contributed by atoms with Crippen molar-refractivity contribution in [3.05, 3.63) is 76.3 Å². The highest BCUT2D eigenvalue weighted by molar-refractivity contribution is 7.12. The molecule has 4 aromatic rings. The molecule has 0 aliphatic carbocycles. The molecule has 1 N–H and O–H groups in total. The van der Waals surface area contributed by atoms with Crippen molar-refractivity contribution in [3.8, 4) is 22.1 Å². The van der Waals surface area contributed by atoms with Crippen LogP contribution in [0.3, 0.4) is 0 Å². The van der Waals surface area contributed by atoms with Gasteiger partial charge in [-0.25, -0.2) is 4.98 Å². The van der Waals surface area contributed by atoms with Crippen LogP contribution in [-0.4, -0.2) is 27.8 Å². The molecule has 0 aliphatic heterocycles. The molecular formula is C22H19ClN4O2S. The first-order valence-corrected chi connectivity index (χ1v) is 10.5. The lowest BCUT2D eigenvalue weighted by atomic mass is 10.1. The van der Waals surface area contributed by atoms with Gasteiger partial charge in [0.2, 0.25) is 11.0 Å². The monoisotopic (exact) mass is 438 g/mol. The predicted octanol–water partition coefficient (Wildman–Crippen LogP) is 5.15. The molecule has 0 fully saturated rings. The quantitative estimate of drug-likeness (QED) is 0.452. The standard InChI is InChI=1S/C22H19ClN4O2S/c1-14-11-20(25-21(28)12-15-3-9-18(29-2)10-4-15)27(26-14)22-24-19(13-30-22)16-5-7-17(23)8-6-16/h3-11,13H,12H2,1-2H3,(H,25,28). The molecule has 0 bridgehead atoms. The molecule has 1 amide bonds. The summed E-state index contributed by atoms with van der Waals surface area (Å²) in [5.41, 5.74) is 3.49. The zero-order valence-electron chi connectivity index (χ0n) is 16.4. The van der Waals surface area contributed by atoms with Gasteiger partial charge >= 0.3 is 0 Å². The Morgan fingerprint density at radius 3 is 2.60 bits per heavy atom. The SMILES string of the molecule is COc1ccc(CC(=O)Nc2cc(C)nn2-c2nc(-c3ccc(Cl)cc3)cs2)cc1. The van der Waals surface area contributed by atoms with Crippen molar-refractivity contribution in [2.45, 2.75) is 13.3 Å². The zero-order chi connectivity index (χ0) is 21.1. The van der Waals surface area contributed by atoms with Crippen molar-refractivity contribution in [2.75, 3.05) is 12.4 Å². The van der Waals surface area contributed by atoms with Gasteiger partial charge in [-0.15, -0.1) is 11.3 Å². The summed E-state index contributed by atoms with van der Waals surface area (Å²) in [6.07, 6.45) is 0.252. The van der Waals surface area contributed by atoms with Crippen LogP contribution in [0.1, 0.15) is 11.3 Å². The fourth-order valence-corrected chi connectivity index (χ4v) is 3.89. The van der Waals surface area contributed by atoms with Gasteiger partial charge in [0.05, 0.1) is 24.9 Å². The van der Waals surface area contributed by atoms with E-state index in [0.717, 1.165) is 28.3 Å². The fourth-order valence-electron chi connectivity index (χ4n) is 2.96. The van der Waals surface area contributed by atoms with Crippen LogP contribution in [0.5, 0.6) is 5.75 Å². The topological polar surface area (TPSA) is 69.0 Å². The Balaban J connectivity index is 1.52. The van der Waals surface area contributed by atoms with Crippen LogP contribution in [0.25, 0.3) is 16.4 Å². The van der Waals surface area contributed by atoms with Gasteiger partial charge in [-0.05, 0) is 36.8 Å². The summed E-state index contributed by atoms with van der Waals surface area (Å²) in [6.45, 7) is 1.88. The number of aromatic nitrogens is 3. The van der Waals surface area contributed by atoms with Crippen molar-refractivity contribution in [1.82, 2.24) is 14.8 Å². The van der Waals surface area contributed by atoms with Crippen LogP contribution in [-0.2, 0) is 11.2 Å². The number of anilines is 1. The predicted molar refractivity (Wildman–Crippen MR) is 120 cm³/mol. The zero-order valence-corrected chi connectivity index (χ0v) is 18.0. The first-order chi connectivity index (χ1) is 14.5. The number of rotatable bonds is 6. The van der Waals surface area contributed by atoms with Gasteiger partial charge in [0.1, 0.15) is 11.6 Å². The maximum Gasteiger partial charge on any atom is 0.229 e. The number of amides is 1. The van der Waals surface area contributed by atoms with E-state index in [2.05, 4.69) is 15.4 Å². The molecule has 0 aliphatic rings. The largest absolute Gasteiger partial charge is 0.497 e. The maximum absolute atomic E-state index is 12.6. The molecule has 30 heavy (non-hydrogen) atoms. The normalized spacial score (nSPS) is 10.8. The Hall–Kier alpha value is -3.16. The lowest BCUT2D eigenvalue weighted by molar-refractivity contribution is -0.115. The van der Waals surface area contributed by atoms with Crippen LogP contribution >= 0.6 is 22.9 Å². The average Bonchev–Trinajstić information content (AvgIpc) is 3.36. The average molecular weight is 439 g/mol. The fraction of sp³-hybridized carbons (Fsp3) is 0.136. The summed E-state index contributed by atoms with van der Waals surface area (Å²) in [4.78, 5) is 17.3. The first kappa shape index (κ1) is 20.1. The third-order valence-corrected chi connectivity index (χ3v) is 5.50. The van der Waals surface area contributed by atoms with Crippen molar-refractivity contribution in [1.29, 1.82) is 0 Å². The number of hydrogen-bond acceptors (Lipinski definition) is 5. The third kappa shape index (κ3) is 4.53. The van der Waals surface area contributed by atoms with E-state index < -0.39 is 0 Å². The number of carbonyl (C=O) groups excluding carboxylic acids is 1. The number of nitrogens with zero attached hydrogens (tertiary/aromatic N) is 3. The van der Waals surface area contributed by atoms with Gasteiger partial charge in [0, 0.05) is 22.0 Å². The molecule has 0 unspecified atom stereocenters. The minimum absolute atomic E-state index is 0.129. The van der Waals surface area contributed by atoms with Gasteiger partial charge in [0.25, 0.3) is 0 Å². The molecule has 0 saturated heterocycles. The Bertz CT molecular complexity index is 1170. The number of methoxy groups -OCH3 is 1. The van der Waals surface area contributed by atoms with Crippen molar-refractivity contribution in [2.24, 2.45) is 0 Å². The molecule has 6 nitrogen and oxygen atoms in total. The summed E-state index contributed by atoms with van der Waals surface area (Å²) in [5.74, 6) is 1.21. The number of ether oxygens (including phenoxy) is 1. The summed E-state index contributed by atoms with van der Waals surface area (Å²) in [5, 5.41) is 10.8. The number of carbonyl (C=O) groups is 1. The Kier molecular flexibility index (Phi) is 5.83. The van der Waals surface area contributed by atoms with E-state index in [-0.39, 0.29) is 12.3 Å². The summed E-state index contributed by atoms with van der Waals surface area (Å²) < 4.78 is 6.81. The number of nitrogens with one attached hydrogen (secondary N) is 1. The van der Waals surface area contributed by atoms with E-state index in [1.165, 1.54) is 11.3 Å². The molecule has 152 valence electrons. The second-order valence-corrected chi connectivity index (χ2v) is 7.95. The highest BCUT2D eigenvalue weighted by Gasteiger charge is 2.15. The number of benzene rings is 2. The van der Waals surface area contributed by atoms with Crippen molar-refractivity contribution in [3.63, 3.8) is 0 Å². The summed E-state index contributed by atoms with van der Waals surface area (Å²) in [7, 11) is 1.61. The van der Waals surface area contributed by atoms with Crippen LogP contribution in [0, 0.1) is 6.92 Å². The molecular weight excluding hydrogens is 420 g/mol. The third-order valence-electron chi connectivity index (χ3n) is 4.44. The molecule has 4 rings (SSSR count). The maximum atomic E-state index is 12.6. The molecule has 0 radical (unpaired) electrons. The minimum Gasteiger partial charge on any atom is -0.497 e. The van der Waals surface area contributed by atoms with E-state index in [1.807, 2.05) is 66.9 Å². The lowest BCUT2D eigenvalue weighted by Crippen LogP contribution is -2.17. The van der Waals surface area contributed by atoms with E-state index in [9.17, 15) is 4.79 Å². The molecule has 2 aromatic heterocycles.